The lowest BCUT2D eigenvalue weighted by Crippen LogP contribution is -2.45. The van der Waals surface area contributed by atoms with Gasteiger partial charge in [-0.25, -0.2) is 4.79 Å². The van der Waals surface area contributed by atoms with Gasteiger partial charge < -0.3 is 19.1 Å². The molecule has 35 heavy (non-hydrogen) atoms. The zero-order chi connectivity index (χ0) is 26.2. The van der Waals surface area contributed by atoms with Crippen molar-refractivity contribution in [3.8, 4) is 5.75 Å². The minimum Gasteiger partial charge on any atom is -0.444 e. The lowest BCUT2D eigenvalue weighted by molar-refractivity contribution is -0.0500. The first kappa shape index (κ1) is 26.6. The maximum absolute atomic E-state index is 12.8. The summed E-state index contributed by atoms with van der Waals surface area (Å²) in [4.78, 5) is 18.5. The Morgan fingerprint density at radius 3 is 2.49 bits per heavy atom. The first-order valence-corrected chi connectivity index (χ1v) is 12.3. The molecule has 0 spiro atoms. The van der Waals surface area contributed by atoms with Crippen LogP contribution in [0.1, 0.15) is 40.5 Å². The van der Waals surface area contributed by atoms with E-state index >= 15 is 0 Å². The number of anilines is 1. The van der Waals surface area contributed by atoms with Gasteiger partial charge in [0.2, 0.25) is 0 Å². The van der Waals surface area contributed by atoms with Gasteiger partial charge in [0.25, 0.3) is 0 Å². The van der Waals surface area contributed by atoms with Gasteiger partial charge >= 0.3 is 21.7 Å². The highest BCUT2D eigenvalue weighted by molar-refractivity contribution is 7.88. The van der Waals surface area contributed by atoms with Gasteiger partial charge in [-0.1, -0.05) is 6.07 Å². The maximum atomic E-state index is 12.8. The first-order chi connectivity index (χ1) is 16.1. The Hall–Kier alpha value is -3.02. The maximum Gasteiger partial charge on any atom is 0.534 e. The molecule has 1 N–H and O–H groups in total. The van der Waals surface area contributed by atoms with Gasteiger partial charge in [-0.05, 0) is 76.9 Å². The van der Waals surface area contributed by atoms with Crippen LogP contribution in [-0.4, -0.2) is 55.9 Å². The molecule has 0 aromatic heterocycles. The molecule has 1 saturated heterocycles. The number of benzene rings is 2. The van der Waals surface area contributed by atoms with E-state index < -0.39 is 33.1 Å². The summed E-state index contributed by atoms with van der Waals surface area (Å²) in [5.41, 5.74) is -5.13. The van der Waals surface area contributed by atoms with Crippen molar-refractivity contribution >= 4 is 45.1 Å². The predicted octanol–water partition coefficient (Wildman–Crippen LogP) is 5.60. The summed E-state index contributed by atoms with van der Waals surface area (Å²) in [6.07, 6.45) is 1.16. The van der Waals surface area contributed by atoms with Crippen molar-refractivity contribution in [2.24, 2.45) is 4.99 Å². The molecule has 0 saturated carbocycles. The molecule has 1 fully saturated rings. The fraction of sp³-hybridized carbons (Fsp3) is 0.478. The van der Waals surface area contributed by atoms with Crippen LogP contribution in [0.3, 0.4) is 0 Å². The van der Waals surface area contributed by atoms with E-state index in [1.165, 1.54) is 12.1 Å². The molecular formula is C23H28F3N3O5S. The monoisotopic (exact) mass is 515 g/mol. The summed E-state index contributed by atoms with van der Waals surface area (Å²) in [5, 5.41) is 4.29. The third-order valence-electron chi connectivity index (χ3n) is 5.53. The predicted molar refractivity (Wildman–Crippen MR) is 128 cm³/mol. The number of halogens is 3. The van der Waals surface area contributed by atoms with Crippen molar-refractivity contribution in [3.05, 3.63) is 30.3 Å². The Labute approximate surface area is 202 Å². The number of carbonyl (C=O) groups excluding carboxylic acids is 1. The number of amides is 1. The Morgan fingerprint density at radius 1 is 1.20 bits per heavy atom. The van der Waals surface area contributed by atoms with Crippen molar-refractivity contribution in [1.82, 2.24) is 4.90 Å². The molecule has 0 bridgehead atoms. The van der Waals surface area contributed by atoms with E-state index in [4.69, 9.17) is 4.74 Å². The van der Waals surface area contributed by atoms with Gasteiger partial charge in [0, 0.05) is 18.0 Å². The number of nitrogens with zero attached hydrogens (tertiary/aromatic N) is 2. The summed E-state index contributed by atoms with van der Waals surface area (Å²) >= 11 is 0. The van der Waals surface area contributed by atoms with Gasteiger partial charge in [-0.15, -0.1) is 0 Å². The fourth-order valence-electron chi connectivity index (χ4n) is 3.98. The van der Waals surface area contributed by atoms with Crippen LogP contribution in [0, 0.1) is 0 Å². The number of hydrogen-bond donors (Lipinski definition) is 1. The van der Waals surface area contributed by atoms with Gasteiger partial charge in [0.15, 0.2) is 0 Å². The quantitative estimate of drug-likeness (QED) is 0.306. The third-order valence-corrected chi connectivity index (χ3v) is 6.51. The summed E-state index contributed by atoms with van der Waals surface area (Å²) in [6, 6.07) is 6.78. The van der Waals surface area contributed by atoms with E-state index in [2.05, 4.69) is 21.2 Å². The number of rotatable bonds is 6. The van der Waals surface area contributed by atoms with E-state index in [1.807, 2.05) is 6.92 Å². The Balaban J connectivity index is 1.86. The normalized spacial score (nSPS) is 19.0. The van der Waals surface area contributed by atoms with Gasteiger partial charge in [0.1, 0.15) is 11.4 Å². The van der Waals surface area contributed by atoms with E-state index in [9.17, 15) is 26.4 Å². The fourth-order valence-corrected chi connectivity index (χ4v) is 4.43. The van der Waals surface area contributed by atoms with Crippen molar-refractivity contribution < 1.29 is 35.3 Å². The van der Waals surface area contributed by atoms with Crippen LogP contribution in [0.15, 0.2) is 35.3 Å². The number of hydrogen-bond acceptors (Lipinski definition) is 7. The molecule has 2 aromatic rings. The second kappa shape index (κ2) is 9.56. The lowest BCUT2D eigenvalue weighted by Gasteiger charge is -2.31. The van der Waals surface area contributed by atoms with Crippen LogP contribution in [0.5, 0.6) is 5.75 Å². The Bertz CT molecular complexity index is 1230. The van der Waals surface area contributed by atoms with Crippen LogP contribution < -0.4 is 9.50 Å². The van der Waals surface area contributed by atoms with E-state index in [0.717, 1.165) is 18.9 Å². The van der Waals surface area contributed by atoms with Crippen molar-refractivity contribution in [3.63, 3.8) is 0 Å². The molecule has 1 aliphatic heterocycles. The smallest absolute Gasteiger partial charge is 0.444 e. The molecular weight excluding hydrogens is 487 g/mol. The highest BCUT2D eigenvalue weighted by Gasteiger charge is 2.48. The number of aliphatic imine (C=N–C) groups is 1. The van der Waals surface area contributed by atoms with Crippen molar-refractivity contribution in [1.29, 1.82) is 0 Å². The molecule has 1 amide bonds. The van der Waals surface area contributed by atoms with Crippen molar-refractivity contribution in [2.45, 2.75) is 63.7 Å². The second-order valence-corrected chi connectivity index (χ2v) is 10.9. The average molecular weight is 516 g/mol. The zero-order valence-electron chi connectivity index (χ0n) is 19.8. The standard InChI is InChI=1S/C23H28F3N3O5S/c1-14-6-8-16(29(14)21(30)33-22(2,3)4)13-28-20-18-10-9-17(34-35(31,32)23(24,25)26)12-15(18)7-11-19(20)27-5/h7,9-12,14,16,28H,5-6,8,13H2,1-4H3. The number of nitrogens with one attached hydrogen (secondary N) is 1. The molecule has 8 nitrogen and oxygen atoms in total. The molecule has 2 atom stereocenters. The molecule has 0 aliphatic carbocycles. The summed E-state index contributed by atoms with van der Waals surface area (Å²) in [5.74, 6) is -0.471. The highest BCUT2D eigenvalue weighted by Crippen LogP contribution is 2.37. The minimum absolute atomic E-state index is 0.00328. The lowest BCUT2D eigenvalue weighted by atomic mass is 10.1. The number of likely N-dealkylation sites (tertiary alicyclic amines) is 1. The van der Waals surface area contributed by atoms with Gasteiger partial charge in [0.05, 0.1) is 17.4 Å². The van der Waals surface area contributed by atoms with E-state index in [1.54, 1.807) is 37.8 Å². The van der Waals surface area contributed by atoms with E-state index in [0.29, 0.717) is 28.7 Å². The van der Waals surface area contributed by atoms with E-state index in [-0.39, 0.29) is 12.1 Å². The Morgan fingerprint density at radius 2 is 1.89 bits per heavy atom. The first-order valence-electron chi connectivity index (χ1n) is 10.9. The molecule has 2 unspecified atom stereocenters. The van der Waals surface area contributed by atoms with Gasteiger partial charge in [-0.3, -0.25) is 4.99 Å². The van der Waals surface area contributed by atoms with Crippen LogP contribution in [0.25, 0.3) is 10.8 Å². The van der Waals surface area contributed by atoms with Crippen LogP contribution in [0.2, 0.25) is 0 Å². The number of fused-ring (bicyclic) bond motifs is 1. The molecule has 1 aliphatic rings. The number of ether oxygens (including phenoxy) is 1. The SMILES string of the molecule is C=Nc1ccc2cc(OS(=O)(=O)C(F)(F)F)ccc2c1NCC1CCC(C)N1C(=O)OC(C)(C)C. The summed E-state index contributed by atoms with van der Waals surface area (Å²) in [7, 11) is -5.79. The zero-order valence-corrected chi connectivity index (χ0v) is 20.7. The van der Waals surface area contributed by atoms with Crippen LogP contribution in [0.4, 0.5) is 29.3 Å². The molecule has 192 valence electrons. The minimum atomic E-state index is -5.79. The van der Waals surface area contributed by atoms with Crippen LogP contribution in [-0.2, 0) is 14.9 Å². The molecule has 12 heteroatoms. The Kier molecular flexibility index (Phi) is 7.26. The van der Waals surface area contributed by atoms with Crippen molar-refractivity contribution in [2.75, 3.05) is 11.9 Å². The van der Waals surface area contributed by atoms with Gasteiger partial charge in [-0.2, -0.15) is 21.6 Å². The average Bonchev–Trinajstić information content (AvgIpc) is 3.09. The topological polar surface area (TPSA) is 97.3 Å². The number of carbonyl (C=O) groups is 1. The summed E-state index contributed by atoms with van der Waals surface area (Å²) < 4.78 is 70.5. The number of alkyl halides is 3. The second-order valence-electron chi connectivity index (χ2n) is 9.33. The molecule has 2 aromatic carbocycles. The molecule has 3 rings (SSSR count). The largest absolute Gasteiger partial charge is 0.534 e. The molecule has 0 radical (unpaired) electrons. The molecule has 1 heterocycles. The summed E-state index contributed by atoms with van der Waals surface area (Å²) in [6.45, 7) is 11.3. The van der Waals surface area contributed by atoms with Crippen LogP contribution >= 0.6 is 0 Å². The highest BCUT2D eigenvalue weighted by atomic mass is 32.2. The third kappa shape index (κ3) is 5.98.